The first kappa shape index (κ1) is 45.7. The summed E-state index contributed by atoms with van der Waals surface area (Å²) in [7, 11) is -4.34. The third-order valence-electron chi connectivity index (χ3n) is 8.24. The van der Waals surface area contributed by atoms with Gasteiger partial charge in [-0.05, 0) is 44.9 Å². The normalized spacial score (nSPS) is 14.7. The van der Waals surface area contributed by atoms with Gasteiger partial charge in [-0.15, -0.1) is 0 Å². The summed E-state index contributed by atoms with van der Waals surface area (Å²) in [4.78, 5) is 22.6. The molecule has 0 aromatic rings. The third-order valence-corrected chi connectivity index (χ3v) is 9.23. The van der Waals surface area contributed by atoms with Gasteiger partial charge in [-0.3, -0.25) is 13.8 Å². The summed E-state index contributed by atoms with van der Waals surface area (Å²) in [5.41, 5.74) is 5.34. The summed E-state index contributed by atoms with van der Waals surface area (Å²) < 4.78 is 22.0. The monoisotopic (exact) mass is 685 g/mol. The van der Waals surface area contributed by atoms with Crippen molar-refractivity contribution < 1.29 is 28.4 Å². The summed E-state index contributed by atoms with van der Waals surface area (Å²) in [6, 6.07) is -0.892. The van der Waals surface area contributed by atoms with Crippen molar-refractivity contribution in [2.75, 3.05) is 19.8 Å². The molecule has 276 valence electrons. The fraction of sp³-hybridized carbons (Fsp3) is 0.816. The number of nitrogens with one attached hydrogen (secondary N) is 1. The molecule has 0 aromatic carbocycles. The number of rotatable bonds is 35. The van der Waals surface area contributed by atoms with Crippen LogP contribution in [0.4, 0.5) is 0 Å². The first-order chi connectivity index (χ1) is 22.9. The first-order valence-electron chi connectivity index (χ1n) is 19.1. The fourth-order valence-electron chi connectivity index (χ4n) is 5.30. The molecule has 0 radical (unpaired) electrons. The number of hydrogen-bond donors (Lipinski definition) is 4. The summed E-state index contributed by atoms with van der Waals surface area (Å²) >= 11 is 0. The molecular weight excluding hydrogens is 611 g/mol. The summed E-state index contributed by atoms with van der Waals surface area (Å²) in [6.07, 6.45) is 39.1. The number of amides is 1. The molecule has 47 heavy (non-hydrogen) atoms. The number of allylic oxidation sites excluding steroid dienone is 5. The molecule has 0 saturated carbocycles. The number of phosphoric ester groups is 1. The molecule has 0 rings (SSSR count). The average molecular weight is 685 g/mol. The molecule has 1 unspecified atom stereocenters. The van der Waals surface area contributed by atoms with Gasteiger partial charge in [-0.2, -0.15) is 0 Å². The highest BCUT2D eigenvalue weighted by molar-refractivity contribution is 7.47. The number of carbonyl (C=O) groups is 1. The lowest BCUT2D eigenvalue weighted by molar-refractivity contribution is -0.123. The van der Waals surface area contributed by atoms with E-state index < -0.39 is 20.0 Å². The van der Waals surface area contributed by atoms with Gasteiger partial charge in [0.2, 0.25) is 5.91 Å². The van der Waals surface area contributed by atoms with Crippen LogP contribution >= 0.6 is 7.82 Å². The molecule has 0 fully saturated rings. The Kier molecular flexibility index (Phi) is 33.6. The molecule has 0 spiro atoms. The molecule has 0 bridgehead atoms. The van der Waals surface area contributed by atoms with Crippen LogP contribution in [0.25, 0.3) is 0 Å². The van der Waals surface area contributed by atoms with Gasteiger partial charge in [0.05, 0.1) is 25.4 Å². The van der Waals surface area contributed by atoms with Crippen molar-refractivity contribution in [2.24, 2.45) is 5.73 Å². The van der Waals surface area contributed by atoms with Gasteiger partial charge < -0.3 is 21.1 Å². The largest absolute Gasteiger partial charge is 0.472 e. The van der Waals surface area contributed by atoms with E-state index in [0.717, 1.165) is 32.1 Å². The predicted octanol–water partition coefficient (Wildman–Crippen LogP) is 10.00. The van der Waals surface area contributed by atoms with Crippen molar-refractivity contribution >= 4 is 13.7 Å². The number of phosphoric acid groups is 1. The maximum atomic E-state index is 12.7. The van der Waals surface area contributed by atoms with E-state index in [9.17, 15) is 19.4 Å². The first-order valence-corrected chi connectivity index (χ1v) is 20.6. The van der Waals surface area contributed by atoms with Gasteiger partial charge in [-0.25, -0.2) is 4.57 Å². The summed E-state index contributed by atoms with van der Waals surface area (Å²) in [5, 5.41) is 13.5. The predicted molar refractivity (Wildman–Crippen MR) is 198 cm³/mol. The molecule has 1 amide bonds. The van der Waals surface area contributed by atoms with Gasteiger partial charge in [0.15, 0.2) is 0 Å². The zero-order valence-electron chi connectivity index (χ0n) is 30.3. The minimum atomic E-state index is -4.34. The average Bonchev–Trinajstić information content (AvgIpc) is 3.05. The van der Waals surface area contributed by atoms with E-state index in [-0.39, 0.29) is 25.7 Å². The molecule has 5 N–H and O–H groups in total. The van der Waals surface area contributed by atoms with Crippen LogP contribution in [0.1, 0.15) is 168 Å². The smallest absolute Gasteiger partial charge is 0.387 e. The molecule has 8 nitrogen and oxygen atoms in total. The Bertz CT molecular complexity index is 835. The number of nitrogens with two attached hydrogens (primary N) is 1. The van der Waals surface area contributed by atoms with Crippen molar-refractivity contribution in [3.05, 3.63) is 36.5 Å². The highest BCUT2D eigenvalue weighted by atomic mass is 31.2. The zero-order chi connectivity index (χ0) is 34.7. The second kappa shape index (κ2) is 34.6. The SMILES string of the molecule is CCCCCCCC/C=C\CCCCCCCCCC(=O)N[C@@H](COP(=O)(O)OCCN)[C@H](O)/C=C/C=C/CCCCCCCCC. The molecule has 3 atom stereocenters. The molecule has 0 heterocycles. The zero-order valence-corrected chi connectivity index (χ0v) is 31.2. The van der Waals surface area contributed by atoms with Crippen LogP contribution in [-0.4, -0.2) is 47.8 Å². The van der Waals surface area contributed by atoms with E-state index in [4.69, 9.17) is 14.8 Å². The number of aliphatic hydroxyl groups is 1. The van der Waals surface area contributed by atoms with Crippen LogP contribution in [0.5, 0.6) is 0 Å². The molecule has 0 aliphatic heterocycles. The Morgan fingerprint density at radius 1 is 0.702 bits per heavy atom. The maximum Gasteiger partial charge on any atom is 0.472 e. The van der Waals surface area contributed by atoms with Crippen molar-refractivity contribution in [1.29, 1.82) is 0 Å². The number of unbranched alkanes of at least 4 members (excludes halogenated alkanes) is 20. The lowest BCUT2D eigenvalue weighted by Crippen LogP contribution is -2.45. The molecule has 0 aromatic heterocycles. The lowest BCUT2D eigenvalue weighted by Gasteiger charge is -2.23. The number of aliphatic hydroxyl groups excluding tert-OH is 1. The van der Waals surface area contributed by atoms with Gasteiger partial charge in [0.1, 0.15) is 0 Å². The Morgan fingerprint density at radius 2 is 1.17 bits per heavy atom. The van der Waals surface area contributed by atoms with Crippen LogP contribution < -0.4 is 11.1 Å². The topological polar surface area (TPSA) is 131 Å². The molecule has 0 aliphatic carbocycles. The lowest BCUT2D eigenvalue weighted by atomic mass is 10.1. The van der Waals surface area contributed by atoms with E-state index in [1.54, 1.807) is 12.2 Å². The molecular formula is C38H73N2O6P. The van der Waals surface area contributed by atoms with Crippen molar-refractivity contribution in [2.45, 2.75) is 180 Å². The van der Waals surface area contributed by atoms with Gasteiger partial charge in [-0.1, -0.05) is 153 Å². The third kappa shape index (κ3) is 33.0. The molecule has 9 heteroatoms. The Morgan fingerprint density at radius 3 is 1.68 bits per heavy atom. The van der Waals surface area contributed by atoms with Gasteiger partial charge in [0, 0.05) is 13.0 Å². The van der Waals surface area contributed by atoms with Gasteiger partial charge >= 0.3 is 7.82 Å². The van der Waals surface area contributed by atoms with Crippen molar-refractivity contribution in [1.82, 2.24) is 5.32 Å². The number of hydrogen-bond acceptors (Lipinski definition) is 6. The maximum absolute atomic E-state index is 12.7. The standard InChI is InChI=1S/C38H73N2O6P/c1-3-5-7-9-11-13-15-16-17-18-19-20-22-24-26-28-30-32-38(42)40-36(35-46-47(43,44)45-34-33-39)37(41)31-29-27-25-23-21-14-12-10-8-6-4-2/h16-17,25,27,29,31,36-37,41H,3-15,18-24,26,28,30,32-35,39H2,1-2H3,(H,40,42)(H,43,44)/b17-16-,27-25+,31-29+/t36-,37+/m0/s1. The Hall–Kier alpha value is -1.28. The van der Waals surface area contributed by atoms with Crippen LogP contribution in [0.2, 0.25) is 0 Å². The minimum Gasteiger partial charge on any atom is -0.387 e. The van der Waals surface area contributed by atoms with E-state index in [1.807, 2.05) is 6.08 Å². The van der Waals surface area contributed by atoms with Gasteiger partial charge in [0.25, 0.3) is 0 Å². The van der Waals surface area contributed by atoms with Crippen LogP contribution in [0.3, 0.4) is 0 Å². The van der Waals surface area contributed by atoms with Crippen LogP contribution in [0, 0.1) is 0 Å². The summed E-state index contributed by atoms with van der Waals surface area (Å²) in [5.74, 6) is -0.219. The quantitative estimate of drug-likeness (QED) is 0.0226. The minimum absolute atomic E-state index is 0.0708. The number of carbonyl (C=O) groups excluding carboxylic acids is 1. The van der Waals surface area contributed by atoms with Crippen molar-refractivity contribution in [3.8, 4) is 0 Å². The van der Waals surface area contributed by atoms with E-state index >= 15 is 0 Å². The summed E-state index contributed by atoms with van der Waals surface area (Å²) in [6.45, 7) is 4.05. The Balaban J connectivity index is 4.32. The molecule has 0 aliphatic rings. The second-order valence-electron chi connectivity index (χ2n) is 12.8. The van der Waals surface area contributed by atoms with E-state index in [1.165, 1.54) is 116 Å². The highest BCUT2D eigenvalue weighted by Crippen LogP contribution is 2.43. The van der Waals surface area contributed by atoms with E-state index in [0.29, 0.717) is 6.42 Å². The Labute approximate surface area is 289 Å². The van der Waals surface area contributed by atoms with Crippen LogP contribution in [-0.2, 0) is 18.4 Å². The van der Waals surface area contributed by atoms with Crippen LogP contribution in [0.15, 0.2) is 36.5 Å². The highest BCUT2D eigenvalue weighted by Gasteiger charge is 2.26. The van der Waals surface area contributed by atoms with E-state index in [2.05, 4.69) is 37.4 Å². The molecule has 0 saturated heterocycles. The van der Waals surface area contributed by atoms with Crippen molar-refractivity contribution in [3.63, 3.8) is 0 Å². The fourth-order valence-corrected chi connectivity index (χ4v) is 6.06. The second-order valence-corrected chi connectivity index (χ2v) is 14.3.